The van der Waals surface area contributed by atoms with Gasteiger partial charge in [0.25, 0.3) is 0 Å². The van der Waals surface area contributed by atoms with Crippen LogP contribution in [0.3, 0.4) is 0 Å². The molecule has 1 N–H and O–H groups in total. The van der Waals surface area contributed by atoms with Gasteiger partial charge in [-0.15, -0.1) is 0 Å². The van der Waals surface area contributed by atoms with Gasteiger partial charge in [0.2, 0.25) is 0 Å². The molecule has 3 nitrogen and oxygen atoms in total. The summed E-state index contributed by atoms with van der Waals surface area (Å²) < 4.78 is 0. The first-order valence-corrected chi connectivity index (χ1v) is 4.02. The van der Waals surface area contributed by atoms with Gasteiger partial charge < -0.3 is 10.2 Å². The van der Waals surface area contributed by atoms with E-state index < -0.39 is 0 Å². The second-order valence-electron chi connectivity index (χ2n) is 2.49. The van der Waals surface area contributed by atoms with Crippen molar-refractivity contribution in [3.05, 3.63) is 35.9 Å². The smallest absolute Gasteiger partial charge is 0.129 e. The van der Waals surface area contributed by atoms with E-state index in [0.717, 1.165) is 12.4 Å². The maximum absolute atomic E-state index is 5.66. The molecule has 0 aromatic carbocycles. The molecule has 0 aliphatic carbocycles. The van der Waals surface area contributed by atoms with Gasteiger partial charge in [0, 0.05) is 12.4 Å². The number of halogens is 1. The molecule has 0 unspecified atom stereocenters. The zero-order chi connectivity index (χ0) is 8.39. The van der Waals surface area contributed by atoms with Crippen LogP contribution in [0.4, 0.5) is 5.69 Å². The summed E-state index contributed by atoms with van der Waals surface area (Å²) in [5.74, 6) is 0. The van der Waals surface area contributed by atoms with Gasteiger partial charge in [0.1, 0.15) is 5.15 Å². The highest BCUT2D eigenvalue weighted by Crippen LogP contribution is 2.16. The first-order valence-electron chi connectivity index (χ1n) is 3.64. The van der Waals surface area contributed by atoms with Gasteiger partial charge in [-0.05, 0) is 12.1 Å². The standard InChI is InChI=1S/C8H8ClN3/c9-8-2-1-7(5-11-8)12-4-3-10-6-12/h1-5,10H,6H2. The fourth-order valence-corrected chi connectivity index (χ4v) is 1.17. The minimum absolute atomic E-state index is 0.523. The Morgan fingerprint density at radius 2 is 2.42 bits per heavy atom. The Hall–Kier alpha value is -1.22. The van der Waals surface area contributed by atoms with Crippen LogP contribution < -0.4 is 10.2 Å². The molecular weight excluding hydrogens is 174 g/mol. The zero-order valence-electron chi connectivity index (χ0n) is 6.37. The lowest BCUT2D eigenvalue weighted by Crippen LogP contribution is -2.19. The van der Waals surface area contributed by atoms with E-state index in [1.165, 1.54) is 0 Å². The molecular formula is C8H8ClN3. The summed E-state index contributed by atoms with van der Waals surface area (Å²) in [5.41, 5.74) is 1.04. The summed E-state index contributed by atoms with van der Waals surface area (Å²) in [5, 5.41) is 3.59. The van der Waals surface area contributed by atoms with Gasteiger partial charge in [0.15, 0.2) is 0 Å². The Balaban J connectivity index is 2.23. The molecule has 1 aromatic rings. The fourth-order valence-electron chi connectivity index (χ4n) is 1.06. The van der Waals surface area contributed by atoms with Crippen molar-refractivity contribution in [1.82, 2.24) is 10.3 Å². The summed E-state index contributed by atoms with van der Waals surface area (Å²) >= 11 is 5.66. The van der Waals surface area contributed by atoms with Crippen molar-refractivity contribution >= 4 is 17.3 Å². The molecule has 2 heterocycles. The molecule has 0 amide bonds. The van der Waals surface area contributed by atoms with Gasteiger partial charge in [0.05, 0.1) is 18.6 Å². The molecule has 0 spiro atoms. The average molecular weight is 182 g/mol. The van der Waals surface area contributed by atoms with Crippen LogP contribution in [0.2, 0.25) is 5.15 Å². The van der Waals surface area contributed by atoms with Crippen LogP contribution in [0.15, 0.2) is 30.7 Å². The highest BCUT2D eigenvalue weighted by Gasteiger charge is 2.05. The summed E-state index contributed by atoms with van der Waals surface area (Å²) in [6.45, 7) is 0.795. The summed E-state index contributed by atoms with van der Waals surface area (Å²) in [4.78, 5) is 6.03. The van der Waals surface area contributed by atoms with E-state index in [1.54, 1.807) is 12.3 Å². The molecule has 0 saturated carbocycles. The summed E-state index contributed by atoms with van der Waals surface area (Å²) in [6, 6.07) is 3.72. The lowest BCUT2D eigenvalue weighted by Gasteiger charge is -2.13. The number of anilines is 1. The normalized spacial score (nSPS) is 14.9. The Morgan fingerprint density at radius 1 is 1.50 bits per heavy atom. The highest BCUT2D eigenvalue weighted by molar-refractivity contribution is 6.29. The largest absolute Gasteiger partial charge is 0.372 e. The zero-order valence-corrected chi connectivity index (χ0v) is 7.12. The quantitative estimate of drug-likeness (QED) is 0.667. The average Bonchev–Trinajstić information content (AvgIpc) is 2.58. The van der Waals surface area contributed by atoms with E-state index in [1.807, 2.05) is 23.4 Å². The molecule has 1 aromatic heterocycles. The van der Waals surface area contributed by atoms with E-state index in [-0.39, 0.29) is 0 Å². The maximum Gasteiger partial charge on any atom is 0.129 e. The minimum atomic E-state index is 0.523. The van der Waals surface area contributed by atoms with Gasteiger partial charge in [-0.25, -0.2) is 4.98 Å². The predicted octanol–water partition coefficient (Wildman–Crippen LogP) is 1.57. The number of nitrogens with one attached hydrogen (secondary N) is 1. The fraction of sp³-hybridized carbons (Fsp3) is 0.125. The lowest BCUT2D eigenvalue weighted by molar-refractivity contribution is 0.898. The summed E-state index contributed by atoms with van der Waals surface area (Å²) in [7, 11) is 0. The maximum atomic E-state index is 5.66. The van der Waals surface area contributed by atoms with Crippen molar-refractivity contribution in [2.24, 2.45) is 0 Å². The van der Waals surface area contributed by atoms with Crippen LogP contribution in [0.25, 0.3) is 0 Å². The van der Waals surface area contributed by atoms with E-state index in [0.29, 0.717) is 5.15 Å². The van der Waals surface area contributed by atoms with Gasteiger partial charge >= 0.3 is 0 Å². The van der Waals surface area contributed by atoms with Crippen LogP contribution in [0, 0.1) is 0 Å². The first kappa shape index (κ1) is 7.43. The van der Waals surface area contributed by atoms with Gasteiger partial charge in [-0.2, -0.15) is 0 Å². The predicted molar refractivity (Wildman–Crippen MR) is 48.9 cm³/mol. The second kappa shape index (κ2) is 3.03. The molecule has 0 fully saturated rings. The molecule has 0 radical (unpaired) electrons. The molecule has 1 aliphatic rings. The van der Waals surface area contributed by atoms with Crippen molar-refractivity contribution in [1.29, 1.82) is 0 Å². The summed E-state index contributed by atoms with van der Waals surface area (Å²) in [6.07, 6.45) is 5.61. The minimum Gasteiger partial charge on any atom is -0.372 e. The van der Waals surface area contributed by atoms with Crippen molar-refractivity contribution in [3.63, 3.8) is 0 Å². The molecule has 0 saturated heterocycles. The van der Waals surface area contributed by atoms with Crippen LogP contribution in [0.5, 0.6) is 0 Å². The number of pyridine rings is 1. The van der Waals surface area contributed by atoms with Crippen LogP contribution >= 0.6 is 11.6 Å². The van der Waals surface area contributed by atoms with Crippen molar-refractivity contribution in [3.8, 4) is 0 Å². The molecule has 0 bridgehead atoms. The number of nitrogens with zero attached hydrogens (tertiary/aromatic N) is 2. The first-order chi connectivity index (χ1) is 5.86. The lowest BCUT2D eigenvalue weighted by atomic mass is 10.4. The Labute approximate surface area is 75.7 Å². The third-order valence-electron chi connectivity index (χ3n) is 1.68. The van der Waals surface area contributed by atoms with E-state index >= 15 is 0 Å². The Bertz CT molecular complexity index is 294. The van der Waals surface area contributed by atoms with Crippen molar-refractivity contribution in [2.75, 3.05) is 11.6 Å². The highest BCUT2D eigenvalue weighted by atomic mass is 35.5. The molecule has 1 aliphatic heterocycles. The van der Waals surface area contributed by atoms with Crippen molar-refractivity contribution in [2.45, 2.75) is 0 Å². The Kier molecular flexibility index (Phi) is 1.87. The van der Waals surface area contributed by atoms with E-state index in [2.05, 4.69) is 10.3 Å². The van der Waals surface area contributed by atoms with Gasteiger partial charge in [-0.3, -0.25) is 0 Å². The van der Waals surface area contributed by atoms with Crippen LogP contribution in [-0.2, 0) is 0 Å². The van der Waals surface area contributed by atoms with Crippen LogP contribution in [0.1, 0.15) is 0 Å². The number of hydrogen-bond acceptors (Lipinski definition) is 3. The van der Waals surface area contributed by atoms with E-state index in [9.17, 15) is 0 Å². The molecule has 2 rings (SSSR count). The van der Waals surface area contributed by atoms with Crippen LogP contribution in [-0.4, -0.2) is 11.7 Å². The number of hydrogen-bond donors (Lipinski definition) is 1. The molecule has 12 heavy (non-hydrogen) atoms. The number of rotatable bonds is 1. The van der Waals surface area contributed by atoms with Gasteiger partial charge in [-0.1, -0.05) is 11.6 Å². The molecule has 4 heteroatoms. The SMILES string of the molecule is Clc1ccc(N2C=CNC2)cn1. The molecule has 0 atom stereocenters. The third-order valence-corrected chi connectivity index (χ3v) is 1.90. The second-order valence-corrected chi connectivity index (χ2v) is 2.87. The van der Waals surface area contributed by atoms with Crippen molar-refractivity contribution < 1.29 is 0 Å². The van der Waals surface area contributed by atoms with E-state index in [4.69, 9.17) is 11.6 Å². The monoisotopic (exact) mass is 181 g/mol. The topological polar surface area (TPSA) is 28.2 Å². The Morgan fingerprint density at radius 3 is 3.00 bits per heavy atom. The molecule has 62 valence electrons. The third kappa shape index (κ3) is 1.36. The number of aromatic nitrogens is 1.